The predicted molar refractivity (Wildman–Crippen MR) is 76.5 cm³/mol. The summed E-state index contributed by atoms with van der Waals surface area (Å²) in [6.07, 6.45) is 0.506. The molecule has 0 unspecified atom stereocenters. The standard InChI is InChI=1S/C10H21ClN2O4SSi/c1-10(2,3)19(4,5)17-13-8-6-7-12(9(11)14)18(13,15)16/h6-8H2,1-5H3. The van der Waals surface area contributed by atoms with Crippen LogP contribution in [0.5, 0.6) is 0 Å². The third-order valence-electron chi connectivity index (χ3n) is 3.57. The molecule has 1 aliphatic heterocycles. The minimum absolute atomic E-state index is 0.0992. The molecular formula is C10H21ClN2O4SSi. The molecule has 0 radical (unpaired) electrons. The van der Waals surface area contributed by atoms with Crippen molar-refractivity contribution in [2.75, 3.05) is 13.1 Å². The van der Waals surface area contributed by atoms with Gasteiger partial charge in [0.05, 0.1) is 0 Å². The molecule has 0 aromatic heterocycles. The Labute approximate surface area is 120 Å². The number of hydrogen-bond donors (Lipinski definition) is 0. The van der Waals surface area contributed by atoms with E-state index in [1.54, 1.807) is 0 Å². The maximum absolute atomic E-state index is 12.2. The summed E-state index contributed by atoms with van der Waals surface area (Å²) >= 11 is 5.30. The normalized spacial score (nSPS) is 21.5. The molecule has 0 aromatic carbocycles. The minimum Gasteiger partial charge on any atom is -0.328 e. The summed E-state index contributed by atoms with van der Waals surface area (Å²) < 4.78 is 31.7. The van der Waals surface area contributed by atoms with E-state index in [1.807, 2.05) is 33.9 Å². The fraction of sp³-hybridized carbons (Fsp3) is 0.900. The van der Waals surface area contributed by atoms with Gasteiger partial charge in [-0.25, -0.2) is 4.31 Å². The van der Waals surface area contributed by atoms with Gasteiger partial charge in [-0.2, -0.15) is 8.42 Å². The quantitative estimate of drug-likeness (QED) is 0.444. The third-order valence-corrected chi connectivity index (χ3v) is 9.97. The fourth-order valence-electron chi connectivity index (χ4n) is 1.35. The lowest BCUT2D eigenvalue weighted by Gasteiger charge is -2.41. The Morgan fingerprint density at radius 1 is 1.26 bits per heavy atom. The largest absolute Gasteiger partial charge is 0.331 e. The number of halogens is 1. The van der Waals surface area contributed by atoms with Gasteiger partial charge in [0.15, 0.2) is 0 Å². The van der Waals surface area contributed by atoms with Crippen molar-refractivity contribution in [1.82, 2.24) is 8.77 Å². The SMILES string of the molecule is CC(C)(C)[Si](C)(C)ON1CCCN(C(=O)Cl)S1(=O)=O. The molecule has 112 valence electrons. The number of amides is 1. The maximum Gasteiger partial charge on any atom is 0.331 e. The van der Waals surface area contributed by atoms with Crippen molar-refractivity contribution >= 4 is 35.5 Å². The fourth-order valence-corrected chi connectivity index (χ4v) is 4.62. The molecule has 0 atom stereocenters. The molecule has 1 aliphatic rings. The molecule has 1 amide bonds. The van der Waals surface area contributed by atoms with E-state index in [4.69, 9.17) is 16.1 Å². The predicted octanol–water partition coefficient (Wildman–Crippen LogP) is 2.53. The van der Waals surface area contributed by atoms with Crippen LogP contribution in [-0.4, -0.2) is 44.0 Å². The molecule has 19 heavy (non-hydrogen) atoms. The average molecular weight is 329 g/mol. The Bertz CT molecular complexity index is 461. The monoisotopic (exact) mass is 328 g/mol. The van der Waals surface area contributed by atoms with E-state index in [0.717, 1.165) is 4.47 Å². The summed E-state index contributed by atoms with van der Waals surface area (Å²) in [5, 5.41) is -1.13. The van der Waals surface area contributed by atoms with Crippen LogP contribution in [-0.2, 0) is 14.7 Å². The zero-order chi connectivity index (χ0) is 15.1. The van der Waals surface area contributed by atoms with Gasteiger partial charge in [0.1, 0.15) is 0 Å². The summed E-state index contributed by atoms with van der Waals surface area (Å²) in [6, 6.07) is 0. The topological polar surface area (TPSA) is 66.9 Å². The number of hydroxylamine groups is 1. The Balaban J connectivity index is 2.99. The zero-order valence-corrected chi connectivity index (χ0v) is 14.5. The van der Waals surface area contributed by atoms with E-state index in [9.17, 15) is 13.2 Å². The first-order chi connectivity index (χ1) is 8.39. The lowest BCUT2D eigenvalue weighted by molar-refractivity contribution is 0.00318. The lowest BCUT2D eigenvalue weighted by Crippen LogP contribution is -2.55. The van der Waals surface area contributed by atoms with Crippen LogP contribution in [0.25, 0.3) is 0 Å². The van der Waals surface area contributed by atoms with Crippen LogP contribution in [0.4, 0.5) is 4.79 Å². The van der Waals surface area contributed by atoms with E-state index in [-0.39, 0.29) is 18.1 Å². The number of carbonyl (C=O) groups excluding carboxylic acids is 1. The molecule has 1 rings (SSSR count). The molecule has 0 saturated carbocycles. The van der Waals surface area contributed by atoms with Gasteiger partial charge in [0.2, 0.25) is 8.32 Å². The van der Waals surface area contributed by atoms with Crippen LogP contribution in [0.2, 0.25) is 18.1 Å². The smallest absolute Gasteiger partial charge is 0.328 e. The molecular weight excluding hydrogens is 308 g/mol. The molecule has 0 N–H and O–H groups in total. The van der Waals surface area contributed by atoms with Crippen molar-refractivity contribution in [3.05, 3.63) is 0 Å². The van der Waals surface area contributed by atoms with Crippen molar-refractivity contribution in [3.8, 4) is 0 Å². The van der Waals surface area contributed by atoms with Crippen molar-refractivity contribution in [1.29, 1.82) is 0 Å². The van der Waals surface area contributed by atoms with Crippen molar-refractivity contribution in [2.45, 2.75) is 45.3 Å². The van der Waals surface area contributed by atoms with Gasteiger partial charge in [-0.15, -0.1) is 0 Å². The second-order valence-electron chi connectivity index (χ2n) is 6.06. The van der Waals surface area contributed by atoms with Crippen LogP contribution in [0, 0.1) is 0 Å². The Morgan fingerprint density at radius 2 is 1.79 bits per heavy atom. The van der Waals surface area contributed by atoms with Crippen molar-refractivity contribution in [3.63, 3.8) is 0 Å². The van der Waals surface area contributed by atoms with E-state index in [2.05, 4.69) is 0 Å². The summed E-state index contributed by atoms with van der Waals surface area (Å²) in [5.74, 6) is 0. The molecule has 0 bridgehead atoms. The van der Waals surface area contributed by atoms with E-state index in [0.29, 0.717) is 10.7 Å². The van der Waals surface area contributed by atoms with Crippen LogP contribution in [0.1, 0.15) is 27.2 Å². The number of carbonyl (C=O) groups is 1. The molecule has 1 fully saturated rings. The number of nitrogens with zero attached hydrogens (tertiary/aromatic N) is 2. The number of rotatable bonds is 2. The first-order valence-corrected chi connectivity index (χ1v) is 10.8. The van der Waals surface area contributed by atoms with Crippen LogP contribution >= 0.6 is 11.6 Å². The van der Waals surface area contributed by atoms with Gasteiger partial charge in [-0.1, -0.05) is 25.2 Å². The van der Waals surface area contributed by atoms with Crippen LogP contribution in [0.15, 0.2) is 0 Å². The Morgan fingerprint density at radius 3 is 2.21 bits per heavy atom. The highest BCUT2D eigenvalue weighted by Gasteiger charge is 2.45. The maximum atomic E-state index is 12.2. The van der Waals surface area contributed by atoms with Crippen molar-refractivity contribution < 1.29 is 17.7 Å². The molecule has 0 aliphatic carbocycles. The average Bonchev–Trinajstić information content (AvgIpc) is 2.18. The van der Waals surface area contributed by atoms with Crippen molar-refractivity contribution in [2.24, 2.45) is 0 Å². The van der Waals surface area contributed by atoms with Gasteiger partial charge in [0.25, 0.3) is 0 Å². The highest BCUT2D eigenvalue weighted by atomic mass is 35.5. The van der Waals surface area contributed by atoms with Crippen LogP contribution in [0.3, 0.4) is 0 Å². The molecule has 9 heteroatoms. The molecule has 6 nitrogen and oxygen atoms in total. The van der Waals surface area contributed by atoms with E-state index < -0.39 is 23.9 Å². The summed E-state index contributed by atoms with van der Waals surface area (Å²) in [6.45, 7) is 10.3. The van der Waals surface area contributed by atoms with Gasteiger partial charge in [-0.05, 0) is 36.2 Å². The Hall–Kier alpha value is -0.153. The molecule has 1 saturated heterocycles. The summed E-state index contributed by atoms with van der Waals surface area (Å²) in [7, 11) is -6.24. The Kier molecular flexibility index (Phi) is 4.73. The lowest BCUT2D eigenvalue weighted by atomic mass is 10.2. The third kappa shape index (κ3) is 3.49. The second kappa shape index (κ2) is 5.32. The first-order valence-electron chi connectivity index (χ1n) is 6.08. The first kappa shape index (κ1) is 16.9. The summed E-state index contributed by atoms with van der Waals surface area (Å²) in [5.41, 5.74) is 0. The highest BCUT2D eigenvalue weighted by molar-refractivity contribution is 7.87. The van der Waals surface area contributed by atoms with Gasteiger partial charge < -0.3 is 4.53 Å². The summed E-state index contributed by atoms with van der Waals surface area (Å²) in [4.78, 5) is 11.2. The minimum atomic E-state index is -3.96. The van der Waals surface area contributed by atoms with E-state index in [1.165, 1.54) is 0 Å². The van der Waals surface area contributed by atoms with Crippen LogP contribution < -0.4 is 0 Å². The highest BCUT2D eigenvalue weighted by Crippen LogP contribution is 2.38. The van der Waals surface area contributed by atoms with Gasteiger partial charge in [-0.3, -0.25) is 4.79 Å². The van der Waals surface area contributed by atoms with Gasteiger partial charge >= 0.3 is 15.6 Å². The molecule has 0 aromatic rings. The van der Waals surface area contributed by atoms with E-state index >= 15 is 0 Å². The second-order valence-corrected chi connectivity index (χ2v) is 12.8. The molecule has 1 heterocycles. The molecule has 0 spiro atoms. The van der Waals surface area contributed by atoms with Gasteiger partial charge in [0, 0.05) is 13.1 Å². The number of hydrogen-bond acceptors (Lipinski definition) is 4. The zero-order valence-electron chi connectivity index (χ0n) is 11.9.